The van der Waals surface area contributed by atoms with E-state index in [1.165, 1.54) is 22.9 Å². The summed E-state index contributed by atoms with van der Waals surface area (Å²) in [4.78, 5) is 0.391. The lowest BCUT2D eigenvalue weighted by Gasteiger charge is -2.01. The van der Waals surface area contributed by atoms with Crippen molar-refractivity contribution in [3.8, 4) is 0 Å². The molecule has 0 aliphatic carbocycles. The van der Waals surface area contributed by atoms with Crippen molar-refractivity contribution in [2.45, 2.75) is 30.5 Å². The van der Waals surface area contributed by atoms with E-state index in [9.17, 15) is 0 Å². The molecule has 2 heterocycles. The number of halogens is 1. The van der Waals surface area contributed by atoms with Gasteiger partial charge in [-0.3, -0.25) is 0 Å². The zero-order chi connectivity index (χ0) is 9.97. The van der Waals surface area contributed by atoms with E-state index >= 15 is 0 Å². The number of nitrogens with zero attached hydrogens (tertiary/aromatic N) is 2. The van der Waals surface area contributed by atoms with E-state index in [1.807, 2.05) is 11.8 Å². The number of rotatable bonds is 3. The molecule has 0 spiro atoms. The van der Waals surface area contributed by atoms with Crippen LogP contribution in [0, 0.1) is 0 Å². The molecule has 0 bridgehead atoms. The van der Waals surface area contributed by atoms with Crippen molar-refractivity contribution < 1.29 is 0 Å². The van der Waals surface area contributed by atoms with Crippen LogP contribution in [-0.2, 0) is 0 Å². The van der Waals surface area contributed by atoms with Crippen LogP contribution in [0.25, 0.3) is 0 Å². The normalized spacial score (nSPS) is 24.0. The first-order valence-corrected chi connectivity index (χ1v) is 7.75. The molecule has 1 fully saturated rings. The highest BCUT2D eigenvalue weighted by Crippen LogP contribution is 2.36. The average Bonchev–Trinajstić information content (AvgIpc) is 2.86. The summed E-state index contributed by atoms with van der Waals surface area (Å²) in [5.41, 5.74) is 0. The summed E-state index contributed by atoms with van der Waals surface area (Å²) in [6, 6.07) is 0. The number of hydrogen-bond donors (Lipinski definition) is 0. The van der Waals surface area contributed by atoms with Gasteiger partial charge in [0.2, 0.25) is 0 Å². The molecule has 2 unspecified atom stereocenters. The summed E-state index contributed by atoms with van der Waals surface area (Å²) in [7, 11) is 0. The highest BCUT2D eigenvalue weighted by Gasteiger charge is 2.22. The van der Waals surface area contributed by atoms with Crippen molar-refractivity contribution in [1.29, 1.82) is 0 Å². The van der Waals surface area contributed by atoms with Crippen LogP contribution in [0.2, 0.25) is 0 Å². The number of thioether (sulfide) groups is 1. The van der Waals surface area contributed by atoms with Crippen LogP contribution in [0.15, 0.2) is 0 Å². The first-order chi connectivity index (χ1) is 6.81. The van der Waals surface area contributed by atoms with Gasteiger partial charge >= 0.3 is 0 Å². The SMILES string of the molecule is CCC(Br)c1nnc(C2CCSC2)s1. The molecule has 0 saturated carbocycles. The Morgan fingerprint density at radius 1 is 1.57 bits per heavy atom. The summed E-state index contributed by atoms with van der Waals surface area (Å²) in [5, 5.41) is 10.9. The predicted molar refractivity (Wildman–Crippen MR) is 66.6 cm³/mol. The largest absolute Gasteiger partial charge is 0.161 e. The molecule has 0 N–H and O–H groups in total. The van der Waals surface area contributed by atoms with Gasteiger partial charge in [-0.2, -0.15) is 11.8 Å². The molecule has 5 heteroatoms. The summed E-state index contributed by atoms with van der Waals surface area (Å²) in [6.07, 6.45) is 2.35. The maximum atomic E-state index is 4.29. The topological polar surface area (TPSA) is 25.8 Å². The second-order valence-corrected chi connectivity index (χ2v) is 6.71. The van der Waals surface area contributed by atoms with Crippen LogP contribution in [-0.4, -0.2) is 21.7 Å². The molecule has 1 aromatic heterocycles. The fourth-order valence-electron chi connectivity index (χ4n) is 1.44. The summed E-state index contributed by atoms with van der Waals surface area (Å²) >= 11 is 7.42. The maximum absolute atomic E-state index is 4.29. The number of hydrogen-bond acceptors (Lipinski definition) is 4. The number of alkyl halides is 1. The molecule has 0 aromatic carbocycles. The Labute approximate surface area is 101 Å². The molecule has 0 amide bonds. The van der Waals surface area contributed by atoms with Crippen LogP contribution in [0.1, 0.15) is 40.5 Å². The molecule has 78 valence electrons. The van der Waals surface area contributed by atoms with Crippen molar-refractivity contribution in [2.75, 3.05) is 11.5 Å². The molecule has 0 radical (unpaired) electrons. The summed E-state index contributed by atoms with van der Waals surface area (Å²) in [5.74, 6) is 3.18. The maximum Gasteiger partial charge on any atom is 0.131 e. The van der Waals surface area contributed by atoms with Crippen molar-refractivity contribution in [2.24, 2.45) is 0 Å². The minimum atomic E-state index is 0.391. The second kappa shape index (κ2) is 4.94. The van der Waals surface area contributed by atoms with Gasteiger partial charge in [-0.25, -0.2) is 0 Å². The van der Waals surface area contributed by atoms with E-state index in [4.69, 9.17) is 0 Å². The third-order valence-electron chi connectivity index (χ3n) is 2.36. The standard InChI is InChI=1S/C9H13BrN2S2/c1-2-7(10)9-12-11-8(14-9)6-3-4-13-5-6/h6-7H,2-5H2,1H3. The van der Waals surface area contributed by atoms with Crippen molar-refractivity contribution in [1.82, 2.24) is 10.2 Å². The van der Waals surface area contributed by atoms with E-state index < -0.39 is 0 Å². The number of aromatic nitrogens is 2. The van der Waals surface area contributed by atoms with Gasteiger partial charge in [0.1, 0.15) is 10.0 Å². The molecule has 1 aliphatic heterocycles. The fraction of sp³-hybridized carbons (Fsp3) is 0.778. The van der Waals surface area contributed by atoms with Crippen molar-refractivity contribution in [3.05, 3.63) is 10.0 Å². The van der Waals surface area contributed by atoms with Crippen LogP contribution in [0.5, 0.6) is 0 Å². The van der Waals surface area contributed by atoms with E-state index in [0.29, 0.717) is 10.7 Å². The first-order valence-electron chi connectivity index (χ1n) is 4.86. The van der Waals surface area contributed by atoms with Gasteiger partial charge in [0.25, 0.3) is 0 Å². The van der Waals surface area contributed by atoms with Gasteiger partial charge in [0.15, 0.2) is 0 Å². The first kappa shape index (κ1) is 10.9. The fourth-order valence-corrected chi connectivity index (χ4v) is 4.19. The molecule has 14 heavy (non-hydrogen) atoms. The second-order valence-electron chi connectivity index (χ2n) is 3.41. The van der Waals surface area contributed by atoms with Gasteiger partial charge in [0, 0.05) is 11.7 Å². The van der Waals surface area contributed by atoms with Crippen molar-refractivity contribution in [3.63, 3.8) is 0 Å². The Morgan fingerprint density at radius 3 is 3.07 bits per heavy atom. The van der Waals surface area contributed by atoms with Gasteiger partial charge < -0.3 is 0 Å². The monoisotopic (exact) mass is 292 g/mol. The highest BCUT2D eigenvalue weighted by atomic mass is 79.9. The van der Waals surface area contributed by atoms with Gasteiger partial charge in [0.05, 0.1) is 4.83 Å². The minimum absolute atomic E-state index is 0.391. The highest BCUT2D eigenvalue weighted by molar-refractivity contribution is 9.09. The molecule has 1 aliphatic rings. The van der Waals surface area contributed by atoms with Gasteiger partial charge in [-0.15, -0.1) is 21.5 Å². The molecule has 1 saturated heterocycles. The third kappa shape index (κ3) is 2.31. The molecule has 2 rings (SSSR count). The Kier molecular flexibility index (Phi) is 3.85. The van der Waals surface area contributed by atoms with Crippen LogP contribution in [0.4, 0.5) is 0 Å². The lowest BCUT2D eigenvalue weighted by atomic mass is 10.1. The molecular weight excluding hydrogens is 280 g/mol. The third-order valence-corrected chi connectivity index (χ3v) is 6.11. The Bertz CT molecular complexity index is 297. The van der Waals surface area contributed by atoms with Gasteiger partial charge in [-0.05, 0) is 18.6 Å². The molecular formula is C9H13BrN2S2. The lowest BCUT2D eigenvalue weighted by molar-refractivity contribution is 0.752. The van der Waals surface area contributed by atoms with Crippen molar-refractivity contribution >= 4 is 39.0 Å². The van der Waals surface area contributed by atoms with Crippen LogP contribution < -0.4 is 0 Å². The smallest absolute Gasteiger partial charge is 0.131 e. The van der Waals surface area contributed by atoms with E-state index in [-0.39, 0.29) is 0 Å². The minimum Gasteiger partial charge on any atom is -0.161 e. The van der Waals surface area contributed by atoms with E-state index in [1.54, 1.807) is 11.3 Å². The zero-order valence-electron chi connectivity index (χ0n) is 8.07. The molecule has 2 atom stereocenters. The molecule has 2 nitrogen and oxygen atoms in total. The lowest BCUT2D eigenvalue weighted by Crippen LogP contribution is -1.94. The van der Waals surface area contributed by atoms with Crippen LogP contribution in [0.3, 0.4) is 0 Å². The average molecular weight is 293 g/mol. The van der Waals surface area contributed by atoms with E-state index in [0.717, 1.165) is 11.4 Å². The Morgan fingerprint density at radius 2 is 2.43 bits per heavy atom. The molecule has 1 aromatic rings. The van der Waals surface area contributed by atoms with Gasteiger partial charge in [-0.1, -0.05) is 22.9 Å². The summed E-state index contributed by atoms with van der Waals surface area (Å²) < 4.78 is 0. The predicted octanol–water partition coefficient (Wildman–Crippen LogP) is 3.60. The zero-order valence-corrected chi connectivity index (χ0v) is 11.3. The Balaban J connectivity index is 2.08. The summed E-state index contributed by atoms with van der Waals surface area (Å²) in [6.45, 7) is 2.16. The Hall–Kier alpha value is 0.390. The van der Waals surface area contributed by atoms with Crippen LogP contribution >= 0.6 is 39.0 Å². The van der Waals surface area contributed by atoms with E-state index in [2.05, 4.69) is 33.1 Å². The quantitative estimate of drug-likeness (QED) is 0.796.